The lowest BCUT2D eigenvalue weighted by molar-refractivity contribution is 0.401. The minimum absolute atomic E-state index is 0.404. The van der Waals surface area contributed by atoms with Crippen LogP contribution in [0.1, 0.15) is 12.0 Å². The first-order valence-corrected chi connectivity index (χ1v) is 6.65. The van der Waals surface area contributed by atoms with Gasteiger partial charge in [0.05, 0.1) is 0 Å². The van der Waals surface area contributed by atoms with Crippen LogP contribution in [-0.2, 0) is 0 Å². The summed E-state index contributed by atoms with van der Waals surface area (Å²) >= 11 is 11.1. The fourth-order valence-electron chi connectivity index (χ4n) is 1.77. The molecule has 0 fully saturated rings. The molecule has 0 aliphatic rings. The van der Waals surface area contributed by atoms with Crippen molar-refractivity contribution in [2.45, 2.75) is 6.42 Å². The second-order valence-corrected chi connectivity index (χ2v) is 5.48. The Morgan fingerprint density at radius 1 is 1.28 bits per heavy atom. The molecule has 3 nitrogen and oxygen atoms in total. The van der Waals surface area contributed by atoms with Gasteiger partial charge in [0.1, 0.15) is 4.99 Å². The normalized spacial score (nSPS) is 10.7. The van der Waals surface area contributed by atoms with Crippen LogP contribution < -0.4 is 10.6 Å². The molecule has 0 bridgehead atoms. The van der Waals surface area contributed by atoms with Crippen LogP contribution in [0.15, 0.2) is 18.2 Å². The number of hydrogen-bond donors (Lipinski definition) is 1. The number of thiocarbonyl (C=S) groups is 1. The molecule has 2 N–H and O–H groups in total. The summed E-state index contributed by atoms with van der Waals surface area (Å²) in [6.45, 7) is 1.99. The molecule has 0 radical (unpaired) electrons. The minimum atomic E-state index is 0.404. The van der Waals surface area contributed by atoms with Gasteiger partial charge in [-0.25, -0.2) is 0 Å². The van der Waals surface area contributed by atoms with Gasteiger partial charge in [-0.3, -0.25) is 0 Å². The molecule has 100 valence electrons. The first kappa shape index (κ1) is 15.2. The third kappa shape index (κ3) is 4.44. The van der Waals surface area contributed by atoms with Crippen LogP contribution in [0.5, 0.6) is 0 Å². The van der Waals surface area contributed by atoms with Crippen molar-refractivity contribution in [2.24, 2.45) is 5.73 Å². The van der Waals surface area contributed by atoms with Crippen molar-refractivity contribution in [1.29, 1.82) is 0 Å². The molecule has 18 heavy (non-hydrogen) atoms. The minimum Gasteiger partial charge on any atom is -0.389 e. The first-order valence-electron chi connectivity index (χ1n) is 5.87. The number of nitrogens with zero attached hydrogens (tertiary/aromatic N) is 2. The quantitative estimate of drug-likeness (QED) is 0.814. The lowest BCUT2D eigenvalue weighted by atomic mass is 10.1. The lowest BCUT2D eigenvalue weighted by Crippen LogP contribution is -2.25. The van der Waals surface area contributed by atoms with Gasteiger partial charge in [0.25, 0.3) is 0 Å². The predicted octanol–water partition coefficient (Wildman–Crippen LogP) is 2.36. The Labute approximate surface area is 120 Å². The zero-order valence-electron chi connectivity index (χ0n) is 11.1. The van der Waals surface area contributed by atoms with Gasteiger partial charge in [0, 0.05) is 29.9 Å². The number of hydrogen-bond acceptors (Lipinski definition) is 3. The van der Waals surface area contributed by atoms with Crippen LogP contribution in [0.2, 0.25) is 5.02 Å². The average molecular weight is 286 g/mol. The third-order valence-electron chi connectivity index (χ3n) is 2.74. The number of anilines is 1. The zero-order valence-corrected chi connectivity index (χ0v) is 12.7. The maximum Gasteiger partial charge on any atom is 0.106 e. The summed E-state index contributed by atoms with van der Waals surface area (Å²) in [4.78, 5) is 4.71. The van der Waals surface area contributed by atoms with E-state index in [-0.39, 0.29) is 0 Å². The number of nitrogens with two attached hydrogens (primary N) is 1. The van der Waals surface area contributed by atoms with Crippen LogP contribution in [0.25, 0.3) is 0 Å². The molecule has 0 saturated carbocycles. The standard InChI is InChI=1S/C13H20ClN3S/c1-16(2)7-4-8-17(3)12-9-10(14)5-6-11(12)13(15)18/h5-6,9H,4,7-8H2,1-3H3,(H2,15,18). The monoisotopic (exact) mass is 285 g/mol. The fraction of sp³-hybridized carbons (Fsp3) is 0.462. The zero-order chi connectivity index (χ0) is 13.7. The van der Waals surface area contributed by atoms with Gasteiger partial charge >= 0.3 is 0 Å². The topological polar surface area (TPSA) is 32.5 Å². The Balaban J connectivity index is 2.80. The Kier molecular flexibility index (Phi) is 5.85. The second-order valence-electron chi connectivity index (χ2n) is 4.60. The van der Waals surface area contributed by atoms with Crippen LogP contribution in [0.3, 0.4) is 0 Å². The van der Waals surface area contributed by atoms with E-state index >= 15 is 0 Å². The van der Waals surface area contributed by atoms with Crippen molar-refractivity contribution in [3.8, 4) is 0 Å². The molecular formula is C13H20ClN3S. The Hall–Kier alpha value is -0.840. The van der Waals surface area contributed by atoms with Gasteiger partial charge in [0.15, 0.2) is 0 Å². The third-order valence-corrected chi connectivity index (χ3v) is 3.19. The van der Waals surface area contributed by atoms with Gasteiger partial charge in [-0.1, -0.05) is 23.8 Å². The second kappa shape index (κ2) is 6.92. The largest absolute Gasteiger partial charge is 0.389 e. The van der Waals surface area contributed by atoms with E-state index < -0.39 is 0 Å². The highest BCUT2D eigenvalue weighted by Crippen LogP contribution is 2.24. The summed E-state index contributed by atoms with van der Waals surface area (Å²) in [5.74, 6) is 0. The fourth-order valence-corrected chi connectivity index (χ4v) is 2.11. The van der Waals surface area contributed by atoms with Gasteiger partial charge in [-0.2, -0.15) is 0 Å². The SMILES string of the molecule is CN(C)CCCN(C)c1cc(Cl)ccc1C(N)=S. The number of halogens is 1. The molecule has 0 unspecified atom stereocenters. The number of benzene rings is 1. The van der Waals surface area contributed by atoms with Crippen LogP contribution in [0.4, 0.5) is 5.69 Å². The predicted molar refractivity (Wildman–Crippen MR) is 83.8 cm³/mol. The maximum absolute atomic E-state index is 6.03. The molecule has 1 aromatic rings. The highest BCUT2D eigenvalue weighted by Gasteiger charge is 2.10. The smallest absolute Gasteiger partial charge is 0.106 e. The van der Waals surface area contributed by atoms with Crippen molar-refractivity contribution in [3.05, 3.63) is 28.8 Å². The Bertz CT molecular complexity index is 421. The summed E-state index contributed by atoms with van der Waals surface area (Å²) in [6.07, 6.45) is 1.08. The summed E-state index contributed by atoms with van der Waals surface area (Å²) in [7, 11) is 6.17. The molecule has 1 aromatic carbocycles. The molecule has 0 heterocycles. The van der Waals surface area contributed by atoms with Crippen molar-refractivity contribution >= 4 is 34.5 Å². The van der Waals surface area contributed by atoms with Crippen molar-refractivity contribution < 1.29 is 0 Å². The summed E-state index contributed by atoms with van der Waals surface area (Å²) in [6, 6.07) is 5.60. The van der Waals surface area contributed by atoms with E-state index in [1.807, 2.05) is 25.2 Å². The summed E-state index contributed by atoms with van der Waals surface area (Å²) < 4.78 is 0. The van der Waals surface area contributed by atoms with Crippen molar-refractivity contribution in [2.75, 3.05) is 39.1 Å². The Morgan fingerprint density at radius 2 is 1.94 bits per heavy atom. The molecule has 0 spiro atoms. The van der Waals surface area contributed by atoms with Gasteiger partial charge in [-0.05, 0) is 45.3 Å². The molecule has 0 aliphatic carbocycles. The molecular weight excluding hydrogens is 266 g/mol. The highest BCUT2D eigenvalue weighted by atomic mass is 35.5. The molecule has 0 amide bonds. The van der Waals surface area contributed by atoms with Crippen LogP contribution in [-0.4, -0.2) is 44.1 Å². The van der Waals surface area contributed by atoms with Gasteiger partial charge in [-0.15, -0.1) is 0 Å². The van der Waals surface area contributed by atoms with E-state index in [0.717, 1.165) is 30.8 Å². The van der Waals surface area contributed by atoms with E-state index in [0.29, 0.717) is 10.0 Å². The molecule has 5 heteroatoms. The van der Waals surface area contributed by atoms with Crippen LogP contribution in [0, 0.1) is 0 Å². The first-order chi connectivity index (χ1) is 8.41. The van der Waals surface area contributed by atoms with E-state index in [1.54, 1.807) is 0 Å². The van der Waals surface area contributed by atoms with Crippen molar-refractivity contribution in [1.82, 2.24) is 4.90 Å². The van der Waals surface area contributed by atoms with Gasteiger partial charge < -0.3 is 15.5 Å². The van der Waals surface area contributed by atoms with E-state index in [9.17, 15) is 0 Å². The molecule has 0 aliphatic heterocycles. The summed E-state index contributed by atoms with van der Waals surface area (Å²) in [5.41, 5.74) is 7.60. The van der Waals surface area contributed by atoms with Gasteiger partial charge in [0.2, 0.25) is 0 Å². The van der Waals surface area contributed by atoms with E-state index in [2.05, 4.69) is 23.9 Å². The molecule has 0 atom stereocenters. The Morgan fingerprint density at radius 3 is 2.50 bits per heavy atom. The van der Waals surface area contributed by atoms with Crippen LogP contribution >= 0.6 is 23.8 Å². The molecule has 0 saturated heterocycles. The molecule has 1 rings (SSSR count). The maximum atomic E-state index is 6.03. The average Bonchev–Trinajstić information content (AvgIpc) is 2.27. The number of rotatable bonds is 6. The van der Waals surface area contributed by atoms with E-state index in [4.69, 9.17) is 29.6 Å². The lowest BCUT2D eigenvalue weighted by Gasteiger charge is -2.23. The van der Waals surface area contributed by atoms with Crippen molar-refractivity contribution in [3.63, 3.8) is 0 Å². The summed E-state index contributed by atoms with van der Waals surface area (Å²) in [5, 5.41) is 0.699. The molecule has 0 aromatic heterocycles. The van der Waals surface area contributed by atoms with E-state index in [1.165, 1.54) is 0 Å². The highest BCUT2D eigenvalue weighted by molar-refractivity contribution is 7.80.